The largest absolute Gasteiger partial charge is 0.366 e. The van der Waals surface area contributed by atoms with E-state index in [-0.39, 0.29) is 18.4 Å². The van der Waals surface area contributed by atoms with E-state index in [9.17, 15) is 10.1 Å². The predicted molar refractivity (Wildman–Crippen MR) is 158 cm³/mol. The van der Waals surface area contributed by atoms with Crippen LogP contribution in [0, 0.1) is 11.3 Å². The van der Waals surface area contributed by atoms with Crippen molar-refractivity contribution < 1.29 is 4.79 Å². The lowest BCUT2D eigenvalue weighted by molar-refractivity contribution is -0.128. The fourth-order valence-corrected chi connectivity index (χ4v) is 7.02. The van der Waals surface area contributed by atoms with Crippen molar-refractivity contribution in [3.05, 3.63) is 52.7 Å². The highest BCUT2D eigenvalue weighted by atomic mass is 35.5. The minimum Gasteiger partial charge on any atom is -0.366 e. The lowest BCUT2D eigenvalue weighted by atomic mass is 9.90. The van der Waals surface area contributed by atoms with Crippen LogP contribution in [0.3, 0.4) is 0 Å². The molecule has 4 aliphatic rings. The summed E-state index contributed by atoms with van der Waals surface area (Å²) in [6, 6.07) is 9.14. The molecular formula is C30H37ClN8O. The number of para-hydroxylation sites is 1. The minimum absolute atomic E-state index is 0.118. The summed E-state index contributed by atoms with van der Waals surface area (Å²) in [6.45, 7) is 8.25. The first kappa shape index (κ1) is 26.9. The van der Waals surface area contributed by atoms with Gasteiger partial charge in [-0.2, -0.15) is 10.2 Å². The quantitative estimate of drug-likeness (QED) is 0.499. The Morgan fingerprint density at radius 1 is 1.18 bits per heavy atom. The number of carbonyl (C=O) groups excluding carboxylic acids is 1. The number of aromatic nitrogens is 2. The van der Waals surface area contributed by atoms with Crippen LogP contribution in [-0.2, 0) is 24.1 Å². The van der Waals surface area contributed by atoms with E-state index in [1.165, 1.54) is 22.9 Å². The van der Waals surface area contributed by atoms with Crippen molar-refractivity contribution >= 4 is 35.0 Å². The van der Waals surface area contributed by atoms with Crippen molar-refractivity contribution in [2.75, 3.05) is 68.1 Å². The van der Waals surface area contributed by atoms with Gasteiger partial charge >= 0.3 is 0 Å². The second kappa shape index (κ2) is 10.9. The first-order valence-corrected chi connectivity index (χ1v) is 14.7. The summed E-state index contributed by atoms with van der Waals surface area (Å²) in [5.41, 5.74) is 4.84. The van der Waals surface area contributed by atoms with Gasteiger partial charge < -0.3 is 24.5 Å². The third kappa shape index (κ3) is 4.77. The predicted octanol–water partition coefficient (Wildman–Crippen LogP) is 2.92. The maximum Gasteiger partial charge on any atom is 0.246 e. The van der Waals surface area contributed by atoms with Crippen LogP contribution in [0.2, 0.25) is 5.02 Å². The van der Waals surface area contributed by atoms with E-state index >= 15 is 0 Å². The van der Waals surface area contributed by atoms with Crippen LogP contribution in [0.4, 0.5) is 17.5 Å². The number of rotatable bonds is 6. The van der Waals surface area contributed by atoms with E-state index in [1.807, 2.05) is 12.1 Å². The first-order chi connectivity index (χ1) is 19.4. The number of hydrogen-bond acceptors (Lipinski definition) is 8. The van der Waals surface area contributed by atoms with Crippen molar-refractivity contribution in [2.24, 2.45) is 0 Å². The molecule has 0 unspecified atom stereocenters. The number of hydrogen-bond donors (Lipinski definition) is 0. The van der Waals surface area contributed by atoms with Crippen LogP contribution < -0.4 is 14.7 Å². The summed E-state index contributed by atoms with van der Waals surface area (Å²) in [6.07, 6.45) is 5.40. The number of benzene rings is 1. The van der Waals surface area contributed by atoms with Crippen molar-refractivity contribution in [3.63, 3.8) is 0 Å². The Balaban J connectivity index is 1.32. The minimum atomic E-state index is -0.194. The molecule has 1 aromatic carbocycles. The van der Waals surface area contributed by atoms with E-state index < -0.39 is 0 Å². The molecule has 9 nitrogen and oxygen atoms in total. The number of halogens is 1. The summed E-state index contributed by atoms with van der Waals surface area (Å²) >= 11 is 6.69. The molecule has 2 fully saturated rings. The molecule has 2 aromatic rings. The molecule has 4 heterocycles. The Labute approximate surface area is 241 Å². The second-order valence-electron chi connectivity index (χ2n) is 11.6. The van der Waals surface area contributed by atoms with Gasteiger partial charge in [0.1, 0.15) is 5.82 Å². The summed E-state index contributed by atoms with van der Waals surface area (Å²) in [5.74, 6) is 1.64. The molecule has 40 heavy (non-hydrogen) atoms. The van der Waals surface area contributed by atoms with E-state index in [2.05, 4.69) is 52.4 Å². The van der Waals surface area contributed by atoms with Crippen LogP contribution in [-0.4, -0.2) is 97.2 Å². The fourth-order valence-electron chi connectivity index (χ4n) is 6.72. The smallest absolute Gasteiger partial charge is 0.246 e. The zero-order chi connectivity index (χ0) is 28.0. The van der Waals surface area contributed by atoms with E-state index in [4.69, 9.17) is 21.6 Å². The molecule has 2 atom stereocenters. The van der Waals surface area contributed by atoms with Gasteiger partial charge in [0.25, 0.3) is 0 Å². The molecule has 10 heteroatoms. The number of nitriles is 1. The maximum absolute atomic E-state index is 12.5. The van der Waals surface area contributed by atoms with Crippen LogP contribution in [0.15, 0.2) is 30.9 Å². The highest BCUT2D eigenvalue weighted by Crippen LogP contribution is 2.40. The fraction of sp³-hybridized carbons (Fsp3) is 0.533. The number of likely N-dealkylation sites (N-methyl/N-ethyl adjacent to an activating group) is 1. The summed E-state index contributed by atoms with van der Waals surface area (Å²) in [5, 5.41) is 10.3. The van der Waals surface area contributed by atoms with E-state index in [0.717, 1.165) is 67.8 Å². The Hall–Kier alpha value is -3.35. The Morgan fingerprint density at radius 3 is 2.75 bits per heavy atom. The van der Waals surface area contributed by atoms with Crippen LogP contribution >= 0.6 is 11.6 Å². The van der Waals surface area contributed by atoms with Crippen molar-refractivity contribution in [1.29, 1.82) is 5.26 Å². The van der Waals surface area contributed by atoms with Gasteiger partial charge in [0, 0.05) is 63.3 Å². The van der Waals surface area contributed by atoms with E-state index in [0.29, 0.717) is 31.7 Å². The molecule has 210 valence electrons. The topological polar surface area (TPSA) is 82.8 Å². The molecule has 0 saturated carbocycles. The van der Waals surface area contributed by atoms with Gasteiger partial charge in [0.15, 0.2) is 0 Å². The summed E-state index contributed by atoms with van der Waals surface area (Å²) < 4.78 is 0. The number of nitrogens with zero attached hydrogens (tertiary/aromatic N) is 8. The normalized spacial score (nSPS) is 22.6. The standard InChI is InChI=1S/C30H37ClN8O/c1-4-27(40)38-15-14-36(17-22(38)10-12-32)29-24-9-8-21(39-13-11-20-6-5-7-25(31)28(20)39)16-26(24)33-30(34-29)37-18-23(19-37)35(2)3/h4-7,21-23H,1,8-11,13-19H2,2-3H3/t21-,22-/m0/s1. The molecule has 0 bridgehead atoms. The van der Waals surface area contributed by atoms with Crippen molar-refractivity contribution in [3.8, 4) is 6.07 Å². The van der Waals surface area contributed by atoms with Gasteiger partial charge in [-0.15, -0.1) is 0 Å². The zero-order valence-corrected chi connectivity index (χ0v) is 24.1. The highest BCUT2D eigenvalue weighted by Gasteiger charge is 2.38. The average Bonchev–Trinajstić information content (AvgIpc) is 3.36. The molecule has 0 radical (unpaired) electrons. The first-order valence-electron chi connectivity index (χ1n) is 14.3. The van der Waals surface area contributed by atoms with Gasteiger partial charge in [0.2, 0.25) is 11.9 Å². The van der Waals surface area contributed by atoms with Gasteiger partial charge in [-0.1, -0.05) is 30.3 Å². The molecular weight excluding hydrogens is 524 g/mol. The van der Waals surface area contributed by atoms with Gasteiger partial charge in [-0.25, -0.2) is 4.98 Å². The van der Waals surface area contributed by atoms with Gasteiger partial charge in [-0.3, -0.25) is 4.79 Å². The molecule has 1 aromatic heterocycles. The van der Waals surface area contributed by atoms with Crippen LogP contribution in [0.25, 0.3) is 0 Å². The number of fused-ring (bicyclic) bond motifs is 2. The lowest BCUT2D eigenvalue weighted by Gasteiger charge is -2.45. The molecule has 0 N–H and O–H groups in total. The Kier molecular flexibility index (Phi) is 7.32. The monoisotopic (exact) mass is 560 g/mol. The summed E-state index contributed by atoms with van der Waals surface area (Å²) in [4.78, 5) is 33.9. The van der Waals surface area contributed by atoms with Crippen molar-refractivity contribution in [1.82, 2.24) is 19.8 Å². The van der Waals surface area contributed by atoms with Gasteiger partial charge in [-0.05, 0) is 51.1 Å². The molecule has 1 aliphatic carbocycles. The average molecular weight is 561 g/mol. The maximum atomic E-state index is 12.5. The highest BCUT2D eigenvalue weighted by molar-refractivity contribution is 6.33. The molecule has 0 spiro atoms. The number of anilines is 3. The second-order valence-corrected chi connectivity index (χ2v) is 12.0. The van der Waals surface area contributed by atoms with Gasteiger partial charge in [0.05, 0.1) is 34.9 Å². The number of amides is 1. The molecule has 2 saturated heterocycles. The third-order valence-corrected chi connectivity index (χ3v) is 9.38. The molecule has 3 aliphatic heterocycles. The lowest BCUT2D eigenvalue weighted by Crippen LogP contribution is -2.58. The number of carbonyl (C=O) groups is 1. The Morgan fingerprint density at radius 2 is 2.00 bits per heavy atom. The Bertz CT molecular complexity index is 1350. The number of piperazine rings is 1. The zero-order valence-electron chi connectivity index (χ0n) is 23.4. The molecule has 1 amide bonds. The van der Waals surface area contributed by atoms with E-state index in [1.54, 1.807) is 4.90 Å². The SMILES string of the molecule is C=CC(=O)N1CCN(c2nc(N3CC(N(C)C)C3)nc3c2CC[C@H](N2CCc4cccc(Cl)c42)C3)C[C@@H]1CC#N. The summed E-state index contributed by atoms with van der Waals surface area (Å²) in [7, 11) is 4.23. The van der Waals surface area contributed by atoms with Crippen LogP contribution in [0.5, 0.6) is 0 Å². The third-order valence-electron chi connectivity index (χ3n) is 9.08. The van der Waals surface area contributed by atoms with Crippen LogP contribution in [0.1, 0.15) is 29.7 Å². The van der Waals surface area contributed by atoms with Crippen molar-refractivity contribution in [2.45, 2.75) is 50.2 Å². The molecule has 6 rings (SSSR count).